The Kier molecular flexibility index (Phi) is 6.68. The third-order valence-electron chi connectivity index (χ3n) is 2.65. The summed E-state index contributed by atoms with van der Waals surface area (Å²) in [5, 5.41) is 3.30. The number of nitrogens with zero attached hydrogens (tertiary/aromatic N) is 2. The Morgan fingerprint density at radius 3 is 2.83 bits per heavy atom. The maximum absolute atomic E-state index is 5.86. The minimum absolute atomic E-state index is 0.751. The van der Waals surface area contributed by atoms with E-state index in [-0.39, 0.29) is 0 Å². The van der Waals surface area contributed by atoms with Crippen LogP contribution in [-0.2, 0) is 6.54 Å². The minimum Gasteiger partial charge on any atom is -0.493 e. The molecule has 1 rings (SSSR count). The Labute approximate surface area is 110 Å². The highest BCUT2D eigenvalue weighted by molar-refractivity contribution is 5.32. The van der Waals surface area contributed by atoms with Crippen LogP contribution in [0.15, 0.2) is 12.3 Å². The third kappa shape index (κ3) is 5.47. The molecule has 4 nitrogen and oxygen atoms in total. The average molecular weight is 251 g/mol. The molecule has 18 heavy (non-hydrogen) atoms. The van der Waals surface area contributed by atoms with E-state index in [1.807, 2.05) is 19.2 Å². The van der Waals surface area contributed by atoms with Crippen molar-refractivity contribution >= 4 is 0 Å². The predicted molar refractivity (Wildman–Crippen MR) is 75.0 cm³/mol. The molecule has 1 N–H and O–H groups in total. The summed E-state index contributed by atoms with van der Waals surface area (Å²) in [6.45, 7) is 7.65. The highest BCUT2D eigenvalue weighted by Crippen LogP contribution is 2.18. The molecule has 0 fully saturated rings. The number of ether oxygens (including phenoxy) is 1. The van der Waals surface area contributed by atoms with Gasteiger partial charge in [0.05, 0.1) is 6.61 Å². The van der Waals surface area contributed by atoms with Crippen LogP contribution in [0.1, 0.15) is 24.6 Å². The van der Waals surface area contributed by atoms with E-state index in [9.17, 15) is 0 Å². The van der Waals surface area contributed by atoms with Gasteiger partial charge in [-0.1, -0.05) is 6.92 Å². The molecule has 0 aromatic carbocycles. The molecule has 1 heterocycles. The van der Waals surface area contributed by atoms with Crippen LogP contribution >= 0.6 is 0 Å². The quantitative estimate of drug-likeness (QED) is 0.715. The van der Waals surface area contributed by atoms with Crippen LogP contribution in [0, 0.1) is 6.92 Å². The first-order valence-electron chi connectivity index (χ1n) is 6.57. The van der Waals surface area contributed by atoms with Gasteiger partial charge in [0.25, 0.3) is 0 Å². The number of aryl methyl sites for hydroxylation is 1. The van der Waals surface area contributed by atoms with Gasteiger partial charge in [-0.05, 0) is 34.0 Å². The number of aromatic nitrogens is 1. The van der Waals surface area contributed by atoms with Gasteiger partial charge in [-0.3, -0.25) is 4.98 Å². The molecule has 0 aliphatic heterocycles. The zero-order valence-electron chi connectivity index (χ0n) is 12.0. The van der Waals surface area contributed by atoms with Crippen molar-refractivity contribution in [3.63, 3.8) is 0 Å². The van der Waals surface area contributed by atoms with Gasteiger partial charge in [0.2, 0.25) is 0 Å². The van der Waals surface area contributed by atoms with Crippen LogP contribution < -0.4 is 10.1 Å². The van der Waals surface area contributed by atoms with E-state index >= 15 is 0 Å². The molecular formula is C14H25N3O. The van der Waals surface area contributed by atoms with Gasteiger partial charge in [0.15, 0.2) is 0 Å². The van der Waals surface area contributed by atoms with E-state index in [1.54, 1.807) is 0 Å². The molecule has 4 heteroatoms. The van der Waals surface area contributed by atoms with Gasteiger partial charge < -0.3 is 15.0 Å². The maximum Gasteiger partial charge on any atom is 0.127 e. The number of pyridine rings is 1. The number of hydrogen-bond acceptors (Lipinski definition) is 4. The fraction of sp³-hybridized carbons (Fsp3) is 0.643. The Bertz CT molecular complexity index is 353. The third-order valence-corrected chi connectivity index (χ3v) is 2.65. The van der Waals surface area contributed by atoms with Crippen molar-refractivity contribution < 1.29 is 4.74 Å². The minimum atomic E-state index is 0.751. The zero-order chi connectivity index (χ0) is 13.4. The molecule has 0 amide bonds. The van der Waals surface area contributed by atoms with Crippen molar-refractivity contribution in [3.05, 3.63) is 23.5 Å². The second kappa shape index (κ2) is 8.06. The normalized spacial score (nSPS) is 10.9. The summed E-state index contributed by atoms with van der Waals surface area (Å²) in [6.07, 6.45) is 2.94. The topological polar surface area (TPSA) is 37.4 Å². The summed E-state index contributed by atoms with van der Waals surface area (Å²) in [5.41, 5.74) is 2.13. The summed E-state index contributed by atoms with van der Waals surface area (Å²) in [7, 11) is 4.15. The highest BCUT2D eigenvalue weighted by Gasteiger charge is 2.04. The van der Waals surface area contributed by atoms with E-state index in [2.05, 4.69) is 36.2 Å². The smallest absolute Gasteiger partial charge is 0.127 e. The summed E-state index contributed by atoms with van der Waals surface area (Å²) < 4.78 is 5.86. The first kappa shape index (κ1) is 14.9. The van der Waals surface area contributed by atoms with Crippen molar-refractivity contribution in [1.82, 2.24) is 15.2 Å². The van der Waals surface area contributed by atoms with Crippen LogP contribution in [0.3, 0.4) is 0 Å². The molecule has 0 spiro atoms. The molecule has 0 aliphatic rings. The average Bonchev–Trinajstić information content (AvgIpc) is 2.33. The number of rotatable bonds is 8. The molecule has 1 aromatic heterocycles. The first-order valence-corrected chi connectivity index (χ1v) is 6.57. The largest absolute Gasteiger partial charge is 0.493 e. The Hall–Kier alpha value is -1.13. The maximum atomic E-state index is 5.86. The van der Waals surface area contributed by atoms with E-state index < -0.39 is 0 Å². The van der Waals surface area contributed by atoms with Crippen molar-refractivity contribution in [2.75, 3.05) is 33.8 Å². The van der Waals surface area contributed by atoms with Crippen LogP contribution in [0.25, 0.3) is 0 Å². The standard InChI is InChI=1S/C14H25N3O/c1-5-15-10-13-11-16-12(2)9-14(13)18-8-6-7-17(3)4/h9,11,15H,5-8,10H2,1-4H3. The number of nitrogens with one attached hydrogen (secondary N) is 1. The van der Waals surface area contributed by atoms with Crippen LogP contribution in [0.4, 0.5) is 0 Å². The molecule has 0 unspecified atom stereocenters. The zero-order valence-corrected chi connectivity index (χ0v) is 12.0. The summed E-state index contributed by atoms with van der Waals surface area (Å²) in [5.74, 6) is 0.960. The van der Waals surface area contributed by atoms with Gasteiger partial charge >= 0.3 is 0 Å². The molecule has 1 aromatic rings. The van der Waals surface area contributed by atoms with Gasteiger partial charge in [-0.25, -0.2) is 0 Å². The molecule has 0 aliphatic carbocycles. The highest BCUT2D eigenvalue weighted by atomic mass is 16.5. The first-order chi connectivity index (χ1) is 8.63. The predicted octanol–water partition coefficient (Wildman–Crippen LogP) is 1.83. The lowest BCUT2D eigenvalue weighted by atomic mass is 10.2. The van der Waals surface area contributed by atoms with Gasteiger partial charge in [0, 0.05) is 36.6 Å². The molecule has 0 bridgehead atoms. The fourth-order valence-corrected chi connectivity index (χ4v) is 1.65. The van der Waals surface area contributed by atoms with E-state index in [0.717, 1.165) is 49.7 Å². The SMILES string of the molecule is CCNCc1cnc(C)cc1OCCCN(C)C. The second-order valence-electron chi connectivity index (χ2n) is 4.72. The van der Waals surface area contributed by atoms with Crippen LogP contribution in [0.5, 0.6) is 5.75 Å². The second-order valence-corrected chi connectivity index (χ2v) is 4.72. The molecule has 0 atom stereocenters. The van der Waals surface area contributed by atoms with Gasteiger partial charge in [-0.2, -0.15) is 0 Å². The lowest BCUT2D eigenvalue weighted by molar-refractivity contribution is 0.278. The van der Waals surface area contributed by atoms with Crippen LogP contribution in [0.2, 0.25) is 0 Å². The van der Waals surface area contributed by atoms with E-state index in [0.29, 0.717) is 0 Å². The lowest BCUT2D eigenvalue weighted by Gasteiger charge is -2.13. The molecule has 102 valence electrons. The van der Waals surface area contributed by atoms with Crippen molar-refractivity contribution in [2.45, 2.75) is 26.8 Å². The fourth-order valence-electron chi connectivity index (χ4n) is 1.65. The van der Waals surface area contributed by atoms with E-state index in [1.165, 1.54) is 0 Å². The lowest BCUT2D eigenvalue weighted by Crippen LogP contribution is -2.17. The van der Waals surface area contributed by atoms with Crippen LogP contribution in [-0.4, -0.2) is 43.7 Å². The number of hydrogen-bond donors (Lipinski definition) is 1. The monoisotopic (exact) mass is 251 g/mol. The van der Waals surface area contributed by atoms with Gasteiger partial charge in [-0.15, -0.1) is 0 Å². The molecular weight excluding hydrogens is 226 g/mol. The van der Waals surface area contributed by atoms with Crippen molar-refractivity contribution in [1.29, 1.82) is 0 Å². The van der Waals surface area contributed by atoms with Crippen molar-refractivity contribution in [3.8, 4) is 5.75 Å². The summed E-state index contributed by atoms with van der Waals surface area (Å²) in [6, 6.07) is 2.02. The molecule has 0 saturated heterocycles. The Morgan fingerprint density at radius 2 is 2.17 bits per heavy atom. The Morgan fingerprint density at radius 1 is 1.39 bits per heavy atom. The van der Waals surface area contributed by atoms with Gasteiger partial charge in [0.1, 0.15) is 5.75 Å². The molecule has 0 radical (unpaired) electrons. The Balaban J connectivity index is 2.52. The van der Waals surface area contributed by atoms with Crippen molar-refractivity contribution in [2.24, 2.45) is 0 Å². The summed E-state index contributed by atoms with van der Waals surface area (Å²) >= 11 is 0. The molecule has 0 saturated carbocycles. The van der Waals surface area contributed by atoms with E-state index in [4.69, 9.17) is 4.74 Å². The summed E-state index contributed by atoms with van der Waals surface area (Å²) in [4.78, 5) is 6.49.